The number of anilines is 1. The minimum Gasteiger partial charge on any atom is -0.381 e. The lowest BCUT2D eigenvalue weighted by Crippen LogP contribution is -2.17. The van der Waals surface area contributed by atoms with Crippen LogP contribution in [0, 0.1) is 0 Å². The number of ether oxygens (including phenoxy) is 1. The van der Waals surface area contributed by atoms with E-state index in [9.17, 15) is 13.2 Å². The van der Waals surface area contributed by atoms with Crippen LogP contribution in [0.15, 0.2) is 6.20 Å². The second-order valence-corrected chi connectivity index (χ2v) is 2.20. The van der Waals surface area contributed by atoms with Crippen molar-refractivity contribution in [2.45, 2.75) is 12.9 Å². The fourth-order valence-corrected chi connectivity index (χ4v) is 0.678. The van der Waals surface area contributed by atoms with Gasteiger partial charge in [0, 0.05) is 0 Å². The van der Waals surface area contributed by atoms with Crippen molar-refractivity contribution in [2.24, 2.45) is 0 Å². The first kappa shape index (κ1) is 9.78. The summed E-state index contributed by atoms with van der Waals surface area (Å²) in [6.45, 7) is -0.546. The predicted octanol–water partition coefficient (Wildman–Crippen LogP) is 0.397. The summed E-state index contributed by atoms with van der Waals surface area (Å²) >= 11 is 0. The molecule has 0 fully saturated rings. The number of hydrogen-bond donors (Lipinski definition) is 1. The van der Waals surface area contributed by atoms with E-state index in [-0.39, 0.29) is 12.4 Å². The average Bonchev–Trinajstić information content (AvgIpc) is 2.33. The van der Waals surface area contributed by atoms with Crippen LogP contribution in [0.3, 0.4) is 0 Å². The lowest BCUT2D eigenvalue weighted by molar-refractivity contribution is -0.325. The molecule has 0 aromatic carbocycles. The summed E-state index contributed by atoms with van der Waals surface area (Å²) < 4.78 is 39.1. The largest absolute Gasteiger partial charge is 0.522 e. The summed E-state index contributed by atoms with van der Waals surface area (Å²) in [5.74, 6) is 0.159. The molecule has 0 aliphatic heterocycles. The van der Waals surface area contributed by atoms with Crippen LogP contribution in [0.5, 0.6) is 0 Å². The molecule has 74 valence electrons. The Morgan fingerprint density at radius 3 is 2.69 bits per heavy atom. The Bertz CT molecular complexity index is 271. The van der Waals surface area contributed by atoms with Crippen LogP contribution in [-0.4, -0.2) is 28.0 Å². The van der Waals surface area contributed by atoms with Gasteiger partial charge in [0.2, 0.25) is 0 Å². The first-order valence-corrected chi connectivity index (χ1v) is 3.34. The Kier molecular flexibility index (Phi) is 2.71. The van der Waals surface area contributed by atoms with Crippen molar-refractivity contribution in [3.05, 3.63) is 6.20 Å². The third-order valence-electron chi connectivity index (χ3n) is 1.14. The molecule has 5 nitrogen and oxygen atoms in total. The standard InChI is InChI=1S/C5H7F3N4O/c6-5(7,8)13-2-1-12-3-4(9)10-11-12/h3H,1-2,9H2. The molecule has 2 N–H and O–H groups in total. The number of hydrogen-bond acceptors (Lipinski definition) is 4. The minimum absolute atomic E-state index is 0.0380. The SMILES string of the molecule is Nc1cn(CCOC(F)(F)F)nn1. The van der Waals surface area contributed by atoms with Crippen molar-refractivity contribution in [3.8, 4) is 0 Å². The van der Waals surface area contributed by atoms with Gasteiger partial charge in [-0.25, -0.2) is 4.68 Å². The van der Waals surface area contributed by atoms with Crippen LogP contribution >= 0.6 is 0 Å². The van der Waals surface area contributed by atoms with E-state index in [4.69, 9.17) is 5.73 Å². The fraction of sp³-hybridized carbons (Fsp3) is 0.600. The van der Waals surface area contributed by atoms with Crippen LogP contribution in [0.1, 0.15) is 0 Å². The number of halogens is 3. The van der Waals surface area contributed by atoms with Crippen LogP contribution in [0.25, 0.3) is 0 Å². The van der Waals surface area contributed by atoms with E-state index >= 15 is 0 Å². The van der Waals surface area contributed by atoms with Gasteiger partial charge < -0.3 is 5.73 Å². The summed E-state index contributed by atoms with van der Waals surface area (Å²) in [7, 11) is 0. The van der Waals surface area contributed by atoms with Crippen molar-refractivity contribution in [3.63, 3.8) is 0 Å². The van der Waals surface area contributed by atoms with Gasteiger partial charge in [0.05, 0.1) is 19.3 Å². The van der Waals surface area contributed by atoms with E-state index in [2.05, 4.69) is 15.0 Å². The van der Waals surface area contributed by atoms with E-state index in [1.807, 2.05) is 0 Å². The van der Waals surface area contributed by atoms with Gasteiger partial charge in [-0.05, 0) is 0 Å². The molecular weight excluding hydrogens is 189 g/mol. The molecule has 0 aliphatic rings. The average molecular weight is 196 g/mol. The second kappa shape index (κ2) is 3.60. The van der Waals surface area contributed by atoms with E-state index in [1.165, 1.54) is 10.9 Å². The molecule has 1 aromatic heterocycles. The highest BCUT2D eigenvalue weighted by molar-refractivity contribution is 5.19. The Hall–Kier alpha value is -1.31. The highest BCUT2D eigenvalue weighted by Crippen LogP contribution is 2.15. The summed E-state index contributed by atoms with van der Waals surface area (Å²) in [4.78, 5) is 0. The zero-order valence-electron chi connectivity index (χ0n) is 6.45. The molecule has 0 amide bonds. The first-order valence-electron chi connectivity index (χ1n) is 3.34. The molecule has 1 rings (SSSR count). The normalized spacial score (nSPS) is 11.9. The number of rotatable bonds is 3. The maximum absolute atomic E-state index is 11.5. The molecule has 0 spiro atoms. The summed E-state index contributed by atoms with van der Waals surface area (Å²) in [6.07, 6.45) is -3.29. The molecule has 0 aliphatic carbocycles. The van der Waals surface area contributed by atoms with Crippen molar-refractivity contribution in [2.75, 3.05) is 12.3 Å². The van der Waals surface area contributed by atoms with Crippen molar-refractivity contribution in [1.29, 1.82) is 0 Å². The topological polar surface area (TPSA) is 66.0 Å². The lowest BCUT2D eigenvalue weighted by atomic mass is 10.7. The Morgan fingerprint density at radius 2 is 2.23 bits per heavy atom. The van der Waals surface area contributed by atoms with Gasteiger partial charge >= 0.3 is 6.36 Å². The molecule has 13 heavy (non-hydrogen) atoms. The van der Waals surface area contributed by atoms with Gasteiger partial charge in [-0.1, -0.05) is 5.21 Å². The summed E-state index contributed by atoms with van der Waals surface area (Å²) in [5.41, 5.74) is 5.18. The quantitative estimate of drug-likeness (QED) is 0.759. The molecule has 0 radical (unpaired) electrons. The molecule has 1 heterocycles. The van der Waals surface area contributed by atoms with Crippen molar-refractivity contribution in [1.82, 2.24) is 15.0 Å². The molecule has 0 saturated heterocycles. The Morgan fingerprint density at radius 1 is 1.54 bits per heavy atom. The minimum atomic E-state index is -4.61. The van der Waals surface area contributed by atoms with Crippen LogP contribution in [0.2, 0.25) is 0 Å². The number of alkyl halides is 3. The van der Waals surface area contributed by atoms with Crippen LogP contribution in [0.4, 0.5) is 19.0 Å². The third-order valence-corrected chi connectivity index (χ3v) is 1.14. The monoisotopic (exact) mass is 196 g/mol. The third kappa shape index (κ3) is 3.74. The summed E-state index contributed by atoms with van der Waals surface area (Å²) in [5, 5.41) is 6.82. The molecule has 0 saturated carbocycles. The first-order chi connectivity index (χ1) is 5.97. The van der Waals surface area contributed by atoms with Crippen LogP contribution in [-0.2, 0) is 11.3 Å². The lowest BCUT2D eigenvalue weighted by Gasteiger charge is -2.05. The van der Waals surface area contributed by atoms with Crippen LogP contribution < -0.4 is 5.73 Å². The van der Waals surface area contributed by atoms with E-state index in [0.717, 1.165) is 0 Å². The molecule has 1 aromatic rings. The van der Waals surface area contributed by atoms with Gasteiger partial charge in [-0.15, -0.1) is 18.3 Å². The van der Waals surface area contributed by atoms with Gasteiger partial charge in [0.15, 0.2) is 5.82 Å². The maximum atomic E-state index is 11.5. The Balaban J connectivity index is 2.28. The smallest absolute Gasteiger partial charge is 0.381 e. The summed E-state index contributed by atoms with van der Waals surface area (Å²) in [6, 6.07) is 0. The Labute approximate surface area is 71.3 Å². The van der Waals surface area contributed by atoms with Gasteiger partial charge in [0.1, 0.15) is 0 Å². The fourth-order valence-electron chi connectivity index (χ4n) is 0.678. The maximum Gasteiger partial charge on any atom is 0.522 e. The number of nitrogen functional groups attached to an aromatic ring is 1. The second-order valence-electron chi connectivity index (χ2n) is 2.20. The van der Waals surface area contributed by atoms with E-state index in [0.29, 0.717) is 0 Å². The molecule has 0 atom stereocenters. The van der Waals surface area contributed by atoms with Gasteiger partial charge in [-0.2, -0.15) is 0 Å². The molecular formula is C5H7F3N4O. The predicted molar refractivity (Wildman–Crippen MR) is 36.4 cm³/mol. The van der Waals surface area contributed by atoms with E-state index in [1.54, 1.807) is 0 Å². The molecule has 0 bridgehead atoms. The number of nitrogens with two attached hydrogens (primary N) is 1. The van der Waals surface area contributed by atoms with Gasteiger partial charge in [-0.3, -0.25) is 4.74 Å². The van der Waals surface area contributed by atoms with E-state index < -0.39 is 13.0 Å². The highest BCUT2D eigenvalue weighted by Gasteiger charge is 2.28. The number of nitrogens with zero attached hydrogens (tertiary/aromatic N) is 3. The zero-order valence-corrected chi connectivity index (χ0v) is 6.45. The van der Waals surface area contributed by atoms with Crippen molar-refractivity contribution >= 4 is 5.82 Å². The molecule has 8 heteroatoms. The highest BCUT2D eigenvalue weighted by atomic mass is 19.4. The number of aromatic nitrogens is 3. The van der Waals surface area contributed by atoms with Gasteiger partial charge in [0.25, 0.3) is 0 Å². The molecule has 0 unspecified atom stereocenters. The van der Waals surface area contributed by atoms with Crippen molar-refractivity contribution < 1.29 is 17.9 Å². The zero-order chi connectivity index (χ0) is 9.90.